The van der Waals surface area contributed by atoms with E-state index in [0.29, 0.717) is 0 Å². The Bertz CT molecular complexity index is 644. The van der Waals surface area contributed by atoms with Crippen molar-refractivity contribution in [2.45, 2.75) is 12.7 Å². The smallest absolute Gasteiger partial charge is 0.394 e. The molecule has 0 amide bonds. The molecule has 0 saturated carbocycles. The largest absolute Gasteiger partial charge is 0.449 e. The molecule has 0 spiro atoms. The summed E-state index contributed by atoms with van der Waals surface area (Å²) in [6.07, 6.45) is -4.77. The summed E-state index contributed by atoms with van der Waals surface area (Å²) in [6, 6.07) is 0. The Morgan fingerprint density at radius 3 is 2.67 bits per heavy atom. The number of nitrogens with one attached hydrogen (secondary N) is 1. The molecule has 98 valence electrons. The summed E-state index contributed by atoms with van der Waals surface area (Å²) in [5.74, 6) is -1.57. The first-order valence-corrected chi connectivity index (χ1v) is 4.79. The van der Waals surface area contributed by atoms with Gasteiger partial charge in [0.2, 0.25) is 5.82 Å². The number of halogens is 3. The second-order valence-electron chi connectivity index (χ2n) is 3.44. The van der Waals surface area contributed by atoms with E-state index in [4.69, 9.17) is 10.8 Å². The summed E-state index contributed by atoms with van der Waals surface area (Å²) in [6.45, 7) is -0.356. The summed E-state index contributed by atoms with van der Waals surface area (Å²) in [5.41, 5.74) is 4.11. The molecule has 2 aromatic heterocycles. The molecule has 0 radical (unpaired) electrons. The first kappa shape index (κ1) is 12.4. The number of hydrogen-bond acceptors (Lipinski definition) is 5. The number of nitrogen functional groups attached to an aromatic ring is 1. The van der Waals surface area contributed by atoms with Crippen LogP contribution in [0.25, 0.3) is 11.0 Å². The van der Waals surface area contributed by atoms with Crippen LogP contribution in [0.15, 0.2) is 4.79 Å². The van der Waals surface area contributed by atoms with E-state index >= 15 is 0 Å². The molecule has 0 aliphatic rings. The Kier molecular flexibility index (Phi) is 2.73. The number of aromatic amines is 1. The van der Waals surface area contributed by atoms with Crippen molar-refractivity contribution in [1.82, 2.24) is 19.7 Å². The van der Waals surface area contributed by atoms with Crippen molar-refractivity contribution >= 4 is 16.9 Å². The first-order valence-electron chi connectivity index (χ1n) is 4.79. The highest BCUT2D eigenvalue weighted by Gasteiger charge is 2.35. The molecule has 10 heteroatoms. The highest BCUT2D eigenvalue weighted by molar-refractivity contribution is 5.85. The maximum atomic E-state index is 12.4. The van der Waals surface area contributed by atoms with Gasteiger partial charge in [-0.25, -0.2) is 9.67 Å². The molecule has 0 bridgehead atoms. The number of nitrogens with two attached hydrogens (primary N) is 1. The van der Waals surface area contributed by atoms with Crippen LogP contribution in [-0.4, -0.2) is 31.5 Å². The van der Waals surface area contributed by atoms with E-state index in [1.165, 1.54) is 0 Å². The van der Waals surface area contributed by atoms with Crippen LogP contribution in [0.2, 0.25) is 0 Å². The number of aliphatic hydroxyl groups excluding tert-OH is 1. The summed E-state index contributed by atoms with van der Waals surface area (Å²) in [7, 11) is 0. The van der Waals surface area contributed by atoms with Crippen LogP contribution in [0, 0.1) is 0 Å². The number of aromatic nitrogens is 4. The van der Waals surface area contributed by atoms with Gasteiger partial charge in [0.15, 0.2) is 5.65 Å². The number of rotatable bonds is 2. The molecule has 0 aromatic carbocycles. The minimum absolute atomic E-state index is 0.0387. The zero-order chi connectivity index (χ0) is 13.5. The van der Waals surface area contributed by atoms with E-state index < -0.39 is 23.2 Å². The molecule has 2 rings (SSSR count). The van der Waals surface area contributed by atoms with Gasteiger partial charge in [-0.15, -0.1) is 0 Å². The zero-order valence-electron chi connectivity index (χ0n) is 8.82. The van der Waals surface area contributed by atoms with E-state index in [2.05, 4.69) is 10.1 Å². The lowest BCUT2D eigenvalue weighted by Crippen LogP contribution is -2.19. The van der Waals surface area contributed by atoms with Gasteiger partial charge in [-0.1, -0.05) is 0 Å². The molecule has 2 aromatic rings. The number of anilines is 1. The molecule has 0 atom stereocenters. The van der Waals surface area contributed by atoms with Gasteiger partial charge < -0.3 is 15.8 Å². The molecule has 0 aliphatic carbocycles. The highest BCUT2D eigenvalue weighted by Crippen LogP contribution is 2.26. The molecule has 0 unspecified atom stereocenters. The maximum Gasteiger partial charge on any atom is 0.449 e. The molecule has 2 heterocycles. The van der Waals surface area contributed by atoms with Crippen LogP contribution >= 0.6 is 0 Å². The highest BCUT2D eigenvalue weighted by atomic mass is 19.4. The van der Waals surface area contributed by atoms with Crippen LogP contribution in [0.5, 0.6) is 0 Å². The SMILES string of the molecule is Nc1c2c(=O)[nH]c(C(F)(F)F)nc2nn1CCO. The Labute approximate surface area is 97.0 Å². The van der Waals surface area contributed by atoms with Crippen molar-refractivity contribution in [3.63, 3.8) is 0 Å². The number of alkyl halides is 3. The average Bonchev–Trinajstić information content (AvgIpc) is 2.55. The van der Waals surface area contributed by atoms with Gasteiger partial charge >= 0.3 is 6.18 Å². The second-order valence-corrected chi connectivity index (χ2v) is 3.44. The van der Waals surface area contributed by atoms with Gasteiger partial charge in [0.25, 0.3) is 5.56 Å². The van der Waals surface area contributed by atoms with Gasteiger partial charge in [-0.2, -0.15) is 18.3 Å². The number of H-pyrrole nitrogens is 1. The average molecular weight is 263 g/mol. The fourth-order valence-electron chi connectivity index (χ4n) is 1.46. The predicted molar refractivity (Wildman–Crippen MR) is 54.6 cm³/mol. The van der Waals surface area contributed by atoms with Crippen molar-refractivity contribution in [3.05, 3.63) is 16.2 Å². The monoisotopic (exact) mass is 263 g/mol. The third-order valence-corrected chi connectivity index (χ3v) is 2.23. The quantitative estimate of drug-likeness (QED) is 0.689. The standard InChI is InChI=1S/C8H8F3N5O2/c9-8(10,11)7-13-5-3(6(18)14-7)4(12)16(15-5)1-2-17/h17H,1-2,12H2,(H,13,14,15,18). The summed E-state index contributed by atoms with van der Waals surface area (Å²) in [4.78, 5) is 16.3. The minimum Gasteiger partial charge on any atom is -0.394 e. The first-order chi connectivity index (χ1) is 8.34. The topological polar surface area (TPSA) is 110 Å². The number of aliphatic hydroxyl groups is 1. The molecule has 18 heavy (non-hydrogen) atoms. The third-order valence-electron chi connectivity index (χ3n) is 2.23. The summed E-state index contributed by atoms with van der Waals surface area (Å²) >= 11 is 0. The molecule has 0 fully saturated rings. The van der Waals surface area contributed by atoms with E-state index in [-0.39, 0.29) is 24.4 Å². The van der Waals surface area contributed by atoms with Crippen molar-refractivity contribution in [1.29, 1.82) is 0 Å². The Morgan fingerprint density at radius 1 is 1.44 bits per heavy atom. The van der Waals surface area contributed by atoms with Crippen molar-refractivity contribution in [3.8, 4) is 0 Å². The lowest BCUT2D eigenvalue weighted by atomic mass is 10.4. The molecule has 7 nitrogen and oxygen atoms in total. The lowest BCUT2D eigenvalue weighted by Gasteiger charge is -2.03. The van der Waals surface area contributed by atoms with Crippen LogP contribution in [0.1, 0.15) is 5.82 Å². The Balaban J connectivity index is 2.71. The number of hydrogen-bond donors (Lipinski definition) is 3. The third kappa shape index (κ3) is 1.90. The van der Waals surface area contributed by atoms with Gasteiger partial charge in [0.05, 0.1) is 13.2 Å². The second kappa shape index (κ2) is 3.98. The summed E-state index contributed by atoms with van der Waals surface area (Å²) in [5, 5.41) is 12.1. The van der Waals surface area contributed by atoms with Crippen LogP contribution in [0.4, 0.5) is 19.0 Å². The van der Waals surface area contributed by atoms with Gasteiger partial charge in [-0.3, -0.25) is 4.79 Å². The van der Waals surface area contributed by atoms with Gasteiger partial charge in [0.1, 0.15) is 11.2 Å². The maximum absolute atomic E-state index is 12.4. The minimum atomic E-state index is -4.77. The summed E-state index contributed by atoms with van der Waals surface area (Å²) < 4.78 is 38.3. The normalized spacial score (nSPS) is 12.2. The fraction of sp³-hybridized carbons (Fsp3) is 0.375. The van der Waals surface area contributed by atoms with E-state index in [1.54, 1.807) is 4.98 Å². The van der Waals surface area contributed by atoms with Crippen molar-refractivity contribution in [2.24, 2.45) is 0 Å². The van der Waals surface area contributed by atoms with E-state index in [1.807, 2.05) is 0 Å². The van der Waals surface area contributed by atoms with E-state index in [0.717, 1.165) is 4.68 Å². The van der Waals surface area contributed by atoms with E-state index in [9.17, 15) is 18.0 Å². The van der Waals surface area contributed by atoms with Crippen LogP contribution in [0.3, 0.4) is 0 Å². The Morgan fingerprint density at radius 2 is 2.11 bits per heavy atom. The zero-order valence-corrected chi connectivity index (χ0v) is 8.82. The molecule has 0 saturated heterocycles. The Hall–Kier alpha value is -2.10. The van der Waals surface area contributed by atoms with Crippen molar-refractivity contribution in [2.75, 3.05) is 12.3 Å². The fourth-order valence-corrected chi connectivity index (χ4v) is 1.46. The lowest BCUT2D eigenvalue weighted by molar-refractivity contribution is -0.144. The number of nitrogens with zero attached hydrogens (tertiary/aromatic N) is 3. The number of fused-ring (bicyclic) bond motifs is 1. The van der Waals surface area contributed by atoms with Gasteiger partial charge in [0, 0.05) is 0 Å². The van der Waals surface area contributed by atoms with Gasteiger partial charge in [-0.05, 0) is 0 Å². The molecular formula is C8H8F3N5O2. The van der Waals surface area contributed by atoms with Crippen LogP contribution < -0.4 is 11.3 Å². The molecule has 4 N–H and O–H groups in total. The van der Waals surface area contributed by atoms with Crippen molar-refractivity contribution < 1.29 is 18.3 Å². The molecular weight excluding hydrogens is 255 g/mol. The van der Waals surface area contributed by atoms with Crippen LogP contribution in [-0.2, 0) is 12.7 Å². The predicted octanol–water partition coefficient (Wildman–Crippen LogP) is -0.287. The molecule has 0 aliphatic heterocycles.